The van der Waals surface area contributed by atoms with Gasteiger partial charge in [-0.05, 0) is 43.9 Å². The van der Waals surface area contributed by atoms with Crippen molar-refractivity contribution in [2.45, 2.75) is 105 Å². The highest BCUT2D eigenvalue weighted by atomic mass is 16.4. The van der Waals surface area contributed by atoms with Crippen molar-refractivity contribution in [3.05, 3.63) is 0 Å². The van der Waals surface area contributed by atoms with Gasteiger partial charge >= 0.3 is 17.9 Å². The lowest BCUT2D eigenvalue weighted by molar-refractivity contribution is -0.142. The predicted octanol–water partition coefficient (Wildman–Crippen LogP) is 5.84. The molecule has 0 spiro atoms. The fourth-order valence-corrected chi connectivity index (χ4v) is 3.75. The standard InChI is InChI=1S/C23H42O6/c1-17(20(24)25)11-5-8-14-23(4,15-9-6-12-18(2)21(26)27)16-10-7-13-19(3)22(28)29/h17-19H,5-16H2,1-4H3,(H,24,25)(H,26,27)(H,28,29). The first kappa shape index (κ1) is 27.4. The van der Waals surface area contributed by atoms with Crippen molar-refractivity contribution >= 4 is 17.9 Å². The van der Waals surface area contributed by atoms with Crippen LogP contribution in [0.5, 0.6) is 0 Å². The zero-order chi connectivity index (χ0) is 22.4. The second-order valence-corrected chi connectivity index (χ2v) is 9.27. The number of hydrogen-bond acceptors (Lipinski definition) is 3. The lowest BCUT2D eigenvalue weighted by Gasteiger charge is -2.30. The summed E-state index contributed by atoms with van der Waals surface area (Å²) < 4.78 is 0. The molecule has 0 bridgehead atoms. The molecule has 3 atom stereocenters. The van der Waals surface area contributed by atoms with Gasteiger partial charge in [-0.25, -0.2) is 0 Å². The zero-order valence-corrected chi connectivity index (χ0v) is 18.8. The smallest absolute Gasteiger partial charge is 0.306 e. The van der Waals surface area contributed by atoms with Crippen molar-refractivity contribution in [3.8, 4) is 0 Å². The van der Waals surface area contributed by atoms with Gasteiger partial charge in [0.1, 0.15) is 0 Å². The van der Waals surface area contributed by atoms with Crippen molar-refractivity contribution in [3.63, 3.8) is 0 Å². The Kier molecular flexibility index (Phi) is 13.6. The van der Waals surface area contributed by atoms with Crippen LogP contribution in [-0.2, 0) is 14.4 Å². The molecule has 170 valence electrons. The molecule has 3 unspecified atom stereocenters. The Labute approximate surface area is 176 Å². The lowest BCUT2D eigenvalue weighted by Crippen LogP contribution is -2.18. The minimum atomic E-state index is -0.743. The molecule has 0 saturated heterocycles. The van der Waals surface area contributed by atoms with Gasteiger partial charge in [-0.3, -0.25) is 14.4 Å². The maximum Gasteiger partial charge on any atom is 0.306 e. The van der Waals surface area contributed by atoms with Crippen LogP contribution >= 0.6 is 0 Å². The first-order valence-electron chi connectivity index (χ1n) is 11.2. The monoisotopic (exact) mass is 414 g/mol. The third kappa shape index (κ3) is 13.3. The summed E-state index contributed by atoms with van der Waals surface area (Å²) in [6.45, 7) is 7.51. The topological polar surface area (TPSA) is 112 Å². The van der Waals surface area contributed by atoms with Gasteiger partial charge in [0.25, 0.3) is 0 Å². The molecule has 0 amide bonds. The van der Waals surface area contributed by atoms with E-state index in [9.17, 15) is 14.4 Å². The first-order valence-corrected chi connectivity index (χ1v) is 11.2. The molecule has 3 N–H and O–H groups in total. The normalized spacial score (nSPS) is 16.6. The molecule has 0 heterocycles. The van der Waals surface area contributed by atoms with Crippen LogP contribution in [0.15, 0.2) is 0 Å². The number of carbonyl (C=O) groups is 3. The maximum atomic E-state index is 11.0. The highest BCUT2D eigenvalue weighted by Crippen LogP contribution is 2.37. The van der Waals surface area contributed by atoms with Crippen LogP contribution in [0.3, 0.4) is 0 Å². The third-order valence-corrected chi connectivity index (χ3v) is 6.27. The Morgan fingerprint density at radius 2 is 0.828 bits per heavy atom. The van der Waals surface area contributed by atoms with E-state index in [2.05, 4.69) is 6.92 Å². The average Bonchev–Trinajstić information content (AvgIpc) is 2.65. The van der Waals surface area contributed by atoms with Gasteiger partial charge in [-0.15, -0.1) is 0 Å². The molecule has 0 aromatic carbocycles. The van der Waals surface area contributed by atoms with E-state index < -0.39 is 17.9 Å². The van der Waals surface area contributed by atoms with Crippen molar-refractivity contribution in [1.29, 1.82) is 0 Å². The van der Waals surface area contributed by atoms with Gasteiger partial charge in [-0.2, -0.15) is 0 Å². The van der Waals surface area contributed by atoms with E-state index >= 15 is 0 Å². The molecule has 0 aromatic rings. The molecule has 0 aromatic heterocycles. The maximum absolute atomic E-state index is 11.0. The van der Waals surface area contributed by atoms with Crippen LogP contribution in [0.25, 0.3) is 0 Å². The Bertz CT molecular complexity index is 432. The van der Waals surface area contributed by atoms with Gasteiger partial charge in [0, 0.05) is 0 Å². The Morgan fingerprint density at radius 1 is 0.586 bits per heavy atom. The molecule has 6 heteroatoms. The highest BCUT2D eigenvalue weighted by Gasteiger charge is 2.24. The fourth-order valence-electron chi connectivity index (χ4n) is 3.75. The fraction of sp³-hybridized carbons (Fsp3) is 0.870. The average molecular weight is 415 g/mol. The number of aliphatic carboxylic acids is 3. The lowest BCUT2D eigenvalue weighted by atomic mass is 9.75. The number of unbranched alkanes of at least 4 members (excludes halogenated alkanes) is 3. The summed E-state index contributed by atoms with van der Waals surface area (Å²) in [4.78, 5) is 32.9. The van der Waals surface area contributed by atoms with E-state index in [0.29, 0.717) is 19.3 Å². The molecule has 0 aliphatic carbocycles. The third-order valence-electron chi connectivity index (χ3n) is 6.27. The van der Waals surface area contributed by atoms with Crippen molar-refractivity contribution in [2.24, 2.45) is 23.2 Å². The summed E-state index contributed by atoms with van der Waals surface area (Å²) in [5, 5.41) is 27.0. The van der Waals surface area contributed by atoms with E-state index in [1.165, 1.54) is 0 Å². The zero-order valence-electron chi connectivity index (χ0n) is 18.8. The Morgan fingerprint density at radius 3 is 1.03 bits per heavy atom. The molecule has 0 fully saturated rings. The Balaban J connectivity index is 4.48. The minimum Gasteiger partial charge on any atom is -0.481 e. The molecular formula is C23H42O6. The number of rotatable bonds is 18. The van der Waals surface area contributed by atoms with Gasteiger partial charge in [-0.1, -0.05) is 66.2 Å². The van der Waals surface area contributed by atoms with Gasteiger partial charge in [0.05, 0.1) is 17.8 Å². The summed E-state index contributed by atoms with van der Waals surface area (Å²) in [7, 11) is 0. The van der Waals surface area contributed by atoms with Crippen LogP contribution in [0.4, 0.5) is 0 Å². The quantitative estimate of drug-likeness (QED) is 0.243. The summed E-state index contributed by atoms with van der Waals surface area (Å²) >= 11 is 0. The van der Waals surface area contributed by atoms with Crippen molar-refractivity contribution in [1.82, 2.24) is 0 Å². The molecule has 6 nitrogen and oxygen atoms in total. The minimum absolute atomic E-state index is 0.144. The van der Waals surface area contributed by atoms with Crippen LogP contribution < -0.4 is 0 Å². The number of carboxylic acid groups (broad SMARTS) is 3. The van der Waals surface area contributed by atoms with Crippen LogP contribution in [0, 0.1) is 23.2 Å². The van der Waals surface area contributed by atoms with Crippen LogP contribution in [-0.4, -0.2) is 33.2 Å². The van der Waals surface area contributed by atoms with E-state index in [0.717, 1.165) is 57.8 Å². The SMILES string of the molecule is CC(CCCCC(C)(CCCCC(C)C(=O)O)CCCCC(C)C(=O)O)C(=O)O. The largest absolute Gasteiger partial charge is 0.481 e. The van der Waals surface area contributed by atoms with Crippen molar-refractivity contribution in [2.75, 3.05) is 0 Å². The summed E-state index contributed by atoms with van der Waals surface area (Å²) in [6, 6.07) is 0. The van der Waals surface area contributed by atoms with E-state index in [1.807, 2.05) is 0 Å². The predicted molar refractivity (Wildman–Crippen MR) is 114 cm³/mol. The highest BCUT2D eigenvalue weighted by molar-refractivity contribution is 5.70. The Hall–Kier alpha value is -1.59. The van der Waals surface area contributed by atoms with Gasteiger partial charge in [0.2, 0.25) is 0 Å². The van der Waals surface area contributed by atoms with Gasteiger partial charge in [0.15, 0.2) is 0 Å². The second-order valence-electron chi connectivity index (χ2n) is 9.27. The summed E-state index contributed by atoms with van der Waals surface area (Å²) in [5.41, 5.74) is 0.144. The summed E-state index contributed by atoms with van der Waals surface area (Å²) in [6.07, 6.45) is 10.8. The van der Waals surface area contributed by atoms with E-state index in [-0.39, 0.29) is 23.2 Å². The summed E-state index contributed by atoms with van der Waals surface area (Å²) in [5.74, 6) is -3.16. The van der Waals surface area contributed by atoms with Crippen LogP contribution in [0.1, 0.15) is 105 Å². The molecule has 0 saturated carbocycles. The van der Waals surface area contributed by atoms with Gasteiger partial charge < -0.3 is 15.3 Å². The molecule has 29 heavy (non-hydrogen) atoms. The molecular weight excluding hydrogens is 372 g/mol. The first-order chi connectivity index (χ1) is 13.5. The van der Waals surface area contributed by atoms with E-state index in [1.54, 1.807) is 20.8 Å². The van der Waals surface area contributed by atoms with Crippen LogP contribution in [0.2, 0.25) is 0 Å². The number of carboxylic acids is 3. The number of hydrogen-bond donors (Lipinski definition) is 3. The molecule has 0 aliphatic heterocycles. The second kappa shape index (κ2) is 14.4. The van der Waals surface area contributed by atoms with E-state index in [4.69, 9.17) is 15.3 Å². The van der Waals surface area contributed by atoms with Crippen molar-refractivity contribution < 1.29 is 29.7 Å². The molecule has 0 radical (unpaired) electrons. The molecule has 0 rings (SSSR count). The molecule has 0 aliphatic rings.